The summed E-state index contributed by atoms with van der Waals surface area (Å²) in [5, 5.41) is 8.10. The van der Waals surface area contributed by atoms with Crippen LogP contribution in [-0.4, -0.2) is 24.8 Å². The lowest BCUT2D eigenvalue weighted by molar-refractivity contribution is 0.168. The summed E-state index contributed by atoms with van der Waals surface area (Å²) in [6.45, 7) is 6.00. The van der Waals surface area contributed by atoms with Crippen LogP contribution in [0, 0.1) is 0 Å². The van der Waals surface area contributed by atoms with Gasteiger partial charge in [0.15, 0.2) is 0 Å². The van der Waals surface area contributed by atoms with Crippen molar-refractivity contribution in [1.29, 1.82) is 0 Å². The van der Waals surface area contributed by atoms with Gasteiger partial charge in [-0.2, -0.15) is 0 Å². The van der Waals surface area contributed by atoms with Gasteiger partial charge in [0.1, 0.15) is 0 Å². The number of rotatable bonds is 5. The number of nitrogens with one attached hydrogen (secondary N) is 3. The van der Waals surface area contributed by atoms with E-state index >= 15 is 0 Å². The molecule has 0 aliphatic heterocycles. The van der Waals surface area contributed by atoms with Crippen LogP contribution in [0.15, 0.2) is 24.3 Å². The second-order valence-corrected chi connectivity index (χ2v) is 4.33. The third-order valence-corrected chi connectivity index (χ3v) is 2.65. The summed E-state index contributed by atoms with van der Waals surface area (Å²) in [6, 6.07) is 6.67. The van der Waals surface area contributed by atoms with Crippen LogP contribution >= 0.6 is 0 Å². The third kappa shape index (κ3) is 5.60. The van der Waals surface area contributed by atoms with E-state index in [2.05, 4.69) is 16.0 Å². The van der Waals surface area contributed by atoms with Crippen LogP contribution in [-0.2, 0) is 4.74 Å². The predicted molar refractivity (Wildman–Crippen MR) is 79.0 cm³/mol. The van der Waals surface area contributed by atoms with Gasteiger partial charge in [-0.3, -0.25) is 5.32 Å². The first-order valence-corrected chi connectivity index (χ1v) is 6.66. The molecule has 0 radical (unpaired) electrons. The zero-order valence-electron chi connectivity index (χ0n) is 12.0. The second-order valence-electron chi connectivity index (χ2n) is 4.33. The number of hydrogen-bond acceptors (Lipinski definition) is 3. The highest BCUT2D eigenvalue weighted by molar-refractivity contribution is 5.90. The van der Waals surface area contributed by atoms with Crippen molar-refractivity contribution in [1.82, 2.24) is 5.32 Å². The number of urea groups is 1. The molecule has 1 atom stereocenters. The van der Waals surface area contributed by atoms with E-state index in [-0.39, 0.29) is 12.1 Å². The summed E-state index contributed by atoms with van der Waals surface area (Å²) in [6.07, 6.45) is 0.373. The normalized spacial score (nSPS) is 11.3. The van der Waals surface area contributed by atoms with Crippen LogP contribution in [0.1, 0.15) is 27.2 Å². The van der Waals surface area contributed by atoms with E-state index in [1.807, 2.05) is 13.8 Å². The molecule has 1 aromatic carbocycles. The van der Waals surface area contributed by atoms with E-state index in [4.69, 9.17) is 4.74 Å². The Hall–Kier alpha value is -2.24. The summed E-state index contributed by atoms with van der Waals surface area (Å²) in [5.41, 5.74) is 1.26. The second kappa shape index (κ2) is 8.04. The van der Waals surface area contributed by atoms with Gasteiger partial charge in [0.2, 0.25) is 0 Å². The van der Waals surface area contributed by atoms with Crippen molar-refractivity contribution in [3.05, 3.63) is 24.3 Å². The Morgan fingerprint density at radius 1 is 1.10 bits per heavy atom. The van der Waals surface area contributed by atoms with Gasteiger partial charge in [-0.1, -0.05) is 6.92 Å². The molecule has 0 aliphatic carbocycles. The van der Waals surface area contributed by atoms with Crippen LogP contribution in [0.5, 0.6) is 0 Å². The molecule has 1 rings (SSSR count). The fraction of sp³-hybridized carbons (Fsp3) is 0.429. The average Bonchev–Trinajstić information content (AvgIpc) is 2.41. The third-order valence-electron chi connectivity index (χ3n) is 2.65. The summed E-state index contributed by atoms with van der Waals surface area (Å²) in [5.74, 6) is 0. The fourth-order valence-electron chi connectivity index (χ4n) is 1.41. The number of carbonyl (C=O) groups excluding carboxylic acids is 2. The molecule has 0 bridgehead atoms. The molecule has 0 unspecified atom stereocenters. The van der Waals surface area contributed by atoms with Gasteiger partial charge in [-0.05, 0) is 44.5 Å². The minimum Gasteiger partial charge on any atom is -0.450 e. The number of ether oxygens (including phenoxy) is 1. The van der Waals surface area contributed by atoms with E-state index in [9.17, 15) is 9.59 Å². The topological polar surface area (TPSA) is 79.5 Å². The lowest BCUT2D eigenvalue weighted by atomic mass is 10.2. The van der Waals surface area contributed by atoms with Crippen molar-refractivity contribution in [2.75, 3.05) is 17.2 Å². The van der Waals surface area contributed by atoms with E-state index in [0.717, 1.165) is 6.42 Å². The summed E-state index contributed by atoms with van der Waals surface area (Å²) < 4.78 is 4.77. The molecule has 0 aliphatic rings. The smallest absolute Gasteiger partial charge is 0.411 e. The number of anilines is 2. The molecule has 1 aromatic rings. The van der Waals surface area contributed by atoms with Crippen LogP contribution in [0.2, 0.25) is 0 Å². The number of hydrogen-bond donors (Lipinski definition) is 3. The molecule has 6 heteroatoms. The highest BCUT2D eigenvalue weighted by Gasteiger charge is 2.06. The largest absolute Gasteiger partial charge is 0.450 e. The van der Waals surface area contributed by atoms with Crippen LogP contribution in [0.4, 0.5) is 21.0 Å². The maximum absolute atomic E-state index is 11.6. The van der Waals surface area contributed by atoms with Gasteiger partial charge in [0.05, 0.1) is 6.61 Å². The Morgan fingerprint density at radius 2 is 1.65 bits per heavy atom. The summed E-state index contributed by atoms with van der Waals surface area (Å²) >= 11 is 0. The van der Waals surface area contributed by atoms with Crippen molar-refractivity contribution >= 4 is 23.5 Å². The van der Waals surface area contributed by atoms with E-state index in [1.54, 1.807) is 31.2 Å². The summed E-state index contributed by atoms with van der Waals surface area (Å²) in [7, 11) is 0. The zero-order chi connectivity index (χ0) is 15.0. The minimum absolute atomic E-state index is 0.125. The molecular formula is C14H21N3O3. The van der Waals surface area contributed by atoms with Crippen molar-refractivity contribution < 1.29 is 14.3 Å². The van der Waals surface area contributed by atoms with Crippen molar-refractivity contribution in [3.63, 3.8) is 0 Å². The molecule has 0 saturated heterocycles. The van der Waals surface area contributed by atoms with Crippen molar-refractivity contribution in [2.24, 2.45) is 0 Å². The molecule has 0 heterocycles. The maximum Gasteiger partial charge on any atom is 0.411 e. The Morgan fingerprint density at radius 3 is 2.15 bits per heavy atom. The molecule has 3 amide bonds. The highest BCUT2D eigenvalue weighted by Crippen LogP contribution is 2.13. The van der Waals surface area contributed by atoms with Gasteiger partial charge < -0.3 is 15.4 Å². The molecule has 110 valence electrons. The van der Waals surface area contributed by atoms with Gasteiger partial charge >= 0.3 is 12.1 Å². The minimum atomic E-state index is -0.497. The van der Waals surface area contributed by atoms with Crippen LogP contribution in [0.25, 0.3) is 0 Å². The van der Waals surface area contributed by atoms with Crippen molar-refractivity contribution in [3.8, 4) is 0 Å². The van der Waals surface area contributed by atoms with Crippen LogP contribution in [0.3, 0.4) is 0 Å². The van der Waals surface area contributed by atoms with Gasteiger partial charge in [-0.15, -0.1) is 0 Å². The highest BCUT2D eigenvalue weighted by atomic mass is 16.5. The standard InChI is InChI=1S/C14H21N3O3/c1-4-10(3)15-13(18)16-11-6-8-12(9-7-11)17-14(19)20-5-2/h6-10H,4-5H2,1-3H3,(H,17,19)(H2,15,16,18)/t10-/m0/s1. The molecule has 0 aromatic heterocycles. The average molecular weight is 279 g/mol. The number of carbonyl (C=O) groups is 2. The Kier molecular flexibility index (Phi) is 6.36. The Labute approximate surface area is 118 Å². The lowest BCUT2D eigenvalue weighted by Crippen LogP contribution is -2.35. The lowest BCUT2D eigenvalue weighted by Gasteiger charge is -2.12. The van der Waals surface area contributed by atoms with E-state index in [1.165, 1.54) is 0 Å². The Bertz CT molecular complexity index is 445. The quantitative estimate of drug-likeness (QED) is 0.774. The Balaban J connectivity index is 2.50. The first kappa shape index (κ1) is 15.8. The van der Waals surface area contributed by atoms with Gasteiger partial charge in [0.25, 0.3) is 0 Å². The number of benzene rings is 1. The maximum atomic E-state index is 11.6. The van der Waals surface area contributed by atoms with E-state index < -0.39 is 6.09 Å². The molecule has 0 saturated carbocycles. The summed E-state index contributed by atoms with van der Waals surface area (Å²) in [4.78, 5) is 22.8. The molecule has 3 N–H and O–H groups in total. The predicted octanol–water partition coefficient (Wildman–Crippen LogP) is 3.18. The zero-order valence-corrected chi connectivity index (χ0v) is 12.0. The molecule has 0 spiro atoms. The monoisotopic (exact) mass is 279 g/mol. The van der Waals surface area contributed by atoms with Gasteiger partial charge in [-0.25, -0.2) is 9.59 Å². The molecule has 0 fully saturated rings. The SMILES string of the molecule is CCOC(=O)Nc1ccc(NC(=O)N[C@@H](C)CC)cc1. The number of amides is 3. The molecule has 20 heavy (non-hydrogen) atoms. The van der Waals surface area contributed by atoms with E-state index in [0.29, 0.717) is 18.0 Å². The molecular weight excluding hydrogens is 258 g/mol. The van der Waals surface area contributed by atoms with Crippen molar-refractivity contribution in [2.45, 2.75) is 33.2 Å². The first-order chi connectivity index (χ1) is 9.55. The first-order valence-electron chi connectivity index (χ1n) is 6.66. The van der Waals surface area contributed by atoms with Crippen LogP contribution < -0.4 is 16.0 Å². The van der Waals surface area contributed by atoms with Gasteiger partial charge in [0, 0.05) is 17.4 Å². The fourth-order valence-corrected chi connectivity index (χ4v) is 1.41. The molecule has 6 nitrogen and oxygen atoms in total.